The number of benzene rings is 3. The molecule has 0 unspecified atom stereocenters. The van der Waals surface area contributed by atoms with Crippen LogP contribution in [0.2, 0.25) is 0 Å². The molecule has 4 aliphatic rings. The van der Waals surface area contributed by atoms with E-state index in [1.54, 1.807) is 19.1 Å². The van der Waals surface area contributed by atoms with Gasteiger partial charge in [-0.05, 0) is 85.1 Å². The molecule has 10 heteroatoms. The molecule has 3 saturated carbocycles. The van der Waals surface area contributed by atoms with Crippen molar-refractivity contribution in [3.63, 3.8) is 0 Å². The van der Waals surface area contributed by atoms with Gasteiger partial charge < -0.3 is 30.5 Å². The van der Waals surface area contributed by atoms with Gasteiger partial charge in [0, 0.05) is 61.4 Å². The number of fused-ring (bicyclic) bond motifs is 2. The maximum absolute atomic E-state index is 13.7. The Morgan fingerprint density at radius 1 is 1.07 bits per heavy atom. The highest BCUT2D eigenvalue weighted by Gasteiger charge is 2.56. The Morgan fingerprint density at radius 2 is 1.83 bits per heavy atom. The monoisotopic (exact) mass is 740 g/mol. The van der Waals surface area contributed by atoms with Gasteiger partial charge in [0.15, 0.2) is 0 Å². The van der Waals surface area contributed by atoms with Gasteiger partial charge in [0.05, 0.1) is 32.4 Å². The Morgan fingerprint density at radius 3 is 2.48 bits per heavy atom. The third-order valence-corrected chi connectivity index (χ3v) is 12.8. The van der Waals surface area contributed by atoms with E-state index in [4.69, 9.17) is 9.57 Å². The van der Waals surface area contributed by atoms with Gasteiger partial charge in [-0.15, -0.1) is 0 Å². The Labute approximate surface area is 321 Å². The zero-order chi connectivity index (χ0) is 38.7. The van der Waals surface area contributed by atoms with Crippen molar-refractivity contribution < 1.29 is 29.4 Å². The number of nitrogens with one attached hydrogen (secondary N) is 2. The fourth-order valence-electron chi connectivity index (χ4n) is 9.48. The standard InChI is InChI=1S/C44H60N4O6/c1-27-36-22-33(44(36,3)4)23-37(27)46-40(51)24-38-41(28(2)50)39(26-49)54-48(38)25-30-16-11-17-35(42(30)53-7)31-19-32(21-34(20-31)47(5)6)43(52)45-18-12-15-29-13-9-8-10-14-29/h8-11,13-14,16-17,19-21,27-28,33,36-39,41,49-50H,12,15,18,22-26H2,1-7H3,(H,45,52)(H,46,51)/t27-,28-,33+,36-,37-,38+,39-,41-/m0/s1. The van der Waals surface area contributed by atoms with Crippen LogP contribution >= 0.6 is 0 Å². The molecule has 1 aliphatic heterocycles. The molecule has 54 heavy (non-hydrogen) atoms. The van der Waals surface area contributed by atoms with Crippen molar-refractivity contribution in [1.29, 1.82) is 0 Å². The van der Waals surface area contributed by atoms with E-state index in [2.05, 4.69) is 43.5 Å². The molecule has 4 N–H and O–H groups in total. The summed E-state index contributed by atoms with van der Waals surface area (Å²) in [4.78, 5) is 35.5. The third kappa shape index (κ3) is 8.32. The molecule has 4 fully saturated rings. The summed E-state index contributed by atoms with van der Waals surface area (Å²) in [6.45, 7) is 9.19. The van der Waals surface area contributed by atoms with Crippen LogP contribution in [-0.2, 0) is 22.6 Å². The van der Waals surface area contributed by atoms with E-state index in [0.29, 0.717) is 41.0 Å². The average Bonchev–Trinajstić information content (AvgIpc) is 3.50. The molecular weight excluding hydrogens is 681 g/mol. The highest BCUT2D eigenvalue weighted by molar-refractivity contribution is 5.97. The first-order valence-electron chi connectivity index (χ1n) is 19.6. The lowest BCUT2D eigenvalue weighted by Gasteiger charge is -2.62. The van der Waals surface area contributed by atoms with E-state index in [1.807, 2.05) is 73.6 Å². The molecule has 0 aromatic heterocycles. The number of hydrogen-bond acceptors (Lipinski definition) is 8. The predicted molar refractivity (Wildman–Crippen MR) is 212 cm³/mol. The minimum Gasteiger partial charge on any atom is -0.496 e. The average molecular weight is 741 g/mol. The van der Waals surface area contributed by atoms with Gasteiger partial charge in [0.2, 0.25) is 5.91 Å². The van der Waals surface area contributed by atoms with E-state index < -0.39 is 24.2 Å². The van der Waals surface area contributed by atoms with Crippen molar-refractivity contribution in [2.24, 2.45) is 29.1 Å². The van der Waals surface area contributed by atoms with Crippen LogP contribution in [0.25, 0.3) is 11.1 Å². The van der Waals surface area contributed by atoms with Gasteiger partial charge in [0.1, 0.15) is 11.9 Å². The second-order valence-electron chi connectivity index (χ2n) is 16.6. The number of nitrogens with zero attached hydrogens (tertiary/aromatic N) is 2. The topological polar surface area (TPSA) is 124 Å². The van der Waals surface area contributed by atoms with Crippen LogP contribution in [0, 0.1) is 29.1 Å². The minimum atomic E-state index is -0.808. The second kappa shape index (κ2) is 16.8. The summed E-state index contributed by atoms with van der Waals surface area (Å²) in [5, 5.41) is 29.4. The molecule has 8 atom stereocenters. The number of ether oxygens (including phenoxy) is 1. The van der Waals surface area contributed by atoms with Crippen molar-refractivity contribution >= 4 is 17.5 Å². The minimum absolute atomic E-state index is 0.0686. The van der Waals surface area contributed by atoms with E-state index >= 15 is 0 Å². The number of hydrogen-bond donors (Lipinski definition) is 4. The number of anilines is 1. The van der Waals surface area contributed by atoms with E-state index in [9.17, 15) is 19.8 Å². The van der Waals surface area contributed by atoms with Crippen molar-refractivity contribution in [2.75, 3.05) is 39.3 Å². The molecular formula is C44H60N4O6. The fraction of sp³-hybridized carbons (Fsp3) is 0.545. The lowest BCUT2D eigenvalue weighted by Crippen LogP contribution is -2.61. The quantitative estimate of drug-likeness (QED) is 0.144. The smallest absolute Gasteiger partial charge is 0.251 e. The number of carbonyl (C=O) groups excluding carboxylic acids is 2. The Bertz CT molecular complexity index is 1760. The summed E-state index contributed by atoms with van der Waals surface area (Å²) < 4.78 is 6.08. The fourth-order valence-corrected chi connectivity index (χ4v) is 9.48. The first-order valence-corrected chi connectivity index (χ1v) is 19.6. The van der Waals surface area contributed by atoms with Crippen molar-refractivity contribution in [3.05, 3.63) is 83.4 Å². The molecule has 292 valence electrons. The molecule has 1 heterocycles. The largest absolute Gasteiger partial charge is 0.496 e. The van der Waals surface area contributed by atoms with Crippen LogP contribution in [0.3, 0.4) is 0 Å². The molecule has 1 saturated heterocycles. The first-order chi connectivity index (χ1) is 25.8. The number of aliphatic hydroxyl groups is 2. The van der Waals surface area contributed by atoms with Crippen LogP contribution < -0.4 is 20.3 Å². The number of methoxy groups -OCH3 is 1. The summed E-state index contributed by atoms with van der Waals surface area (Å²) in [5.74, 6) is 1.55. The number of aliphatic hydroxyl groups excluding tert-OH is 2. The Hall–Kier alpha value is -3.96. The highest BCUT2D eigenvalue weighted by Crippen LogP contribution is 2.61. The Balaban J connectivity index is 1.21. The molecule has 3 aromatic carbocycles. The van der Waals surface area contributed by atoms with E-state index in [1.165, 1.54) is 12.0 Å². The lowest BCUT2D eigenvalue weighted by atomic mass is 9.45. The molecule has 0 radical (unpaired) electrons. The lowest BCUT2D eigenvalue weighted by molar-refractivity contribution is -0.180. The molecule has 2 amide bonds. The van der Waals surface area contributed by atoms with Crippen LogP contribution in [0.5, 0.6) is 5.75 Å². The number of carbonyl (C=O) groups is 2. The molecule has 10 nitrogen and oxygen atoms in total. The maximum Gasteiger partial charge on any atom is 0.251 e. The summed E-state index contributed by atoms with van der Waals surface area (Å²) in [5.41, 5.74) is 5.44. The van der Waals surface area contributed by atoms with E-state index in [-0.39, 0.29) is 37.4 Å². The van der Waals surface area contributed by atoms with Crippen LogP contribution in [0.15, 0.2) is 66.7 Å². The molecule has 7 rings (SSSR count). The van der Waals surface area contributed by atoms with Crippen molar-refractivity contribution in [2.45, 2.75) is 90.6 Å². The summed E-state index contributed by atoms with van der Waals surface area (Å²) in [7, 11) is 5.52. The molecule has 3 aromatic rings. The highest BCUT2D eigenvalue weighted by atomic mass is 16.7. The second-order valence-corrected chi connectivity index (χ2v) is 16.6. The van der Waals surface area contributed by atoms with Gasteiger partial charge in [-0.2, -0.15) is 5.06 Å². The van der Waals surface area contributed by atoms with Gasteiger partial charge in [-0.3, -0.25) is 14.4 Å². The van der Waals surface area contributed by atoms with Crippen LogP contribution in [0.4, 0.5) is 5.69 Å². The SMILES string of the molecule is COc1c(CN2O[C@@H](CO)[C@@H]([C@H](C)O)[C@H]2CC(=O)N[C@H]2C[C@H]3C[C@@H]([C@@H]2C)C3(C)C)cccc1-c1cc(C(=O)NCCCc2ccccc2)cc(N(C)C)c1. The molecule has 2 bridgehead atoms. The Kier molecular flexibility index (Phi) is 12.4. The summed E-state index contributed by atoms with van der Waals surface area (Å²) in [6.07, 6.45) is 2.59. The summed E-state index contributed by atoms with van der Waals surface area (Å²) >= 11 is 0. The molecule has 3 aliphatic carbocycles. The first kappa shape index (κ1) is 39.7. The van der Waals surface area contributed by atoms with Crippen LogP contribution in [0.1, 0.15) is 74.9 Å². The summed E-state index contributed by atoms with van der Waals surface area (Å²) in [6, 6.07) is 21.6. The van der Waals surface area contributed by atoms with Gasteiger partial charge >= 0.3 is 0 Å². The zero-order valence-corrected chi connectivity index (χ0v) is 33.0. The predicted octanol–water partition coefficient (Wildman–Crippen LogP) is 5.84. The van der Waals surface area contributed by atoms with Crippen molar-refractivity contribution in [1.82, 2.24) is 15.7 Å². The number of para-hydroxylation sites is 1. The zero-order valence-electron chi connectivity index (χ0n) is 33.0. The third-order valence-electron chi connectivity index (χ3n) is 12.8. The van der Waals surface area contributed by atoms with E-state index in [0.717, 1.165) is 41.6 Å². The number of rotatable bonds is 15. The normalized spacial score (nSPS) is 26.4. The van der Waals surface area contributed by atoms with Crippen molar-refractivity contribution in [3.8, 4) is 16.9 Å². The van der Waals surface area contributed by atoms with Gasteiger partial charge in [-0.25, -0.2) is 0 Å². The molecule has 0 spiro atoms. The number of amides is 2. The number of aryl methyl sites for hydroxylation is 1. The van der Waals surface area contributed by atoms with Crippen LogP contribution in [-0.4, -0.2) is 85.7 Å². The van der Waals surface area contributed by atoms with Gasteiger partial charge in [-0.1, -0.05) is 69.3 Å². The number of hydroxylamine groups is 2. The van der Waals surface area contributed by atoms with Gasteiger partial charge in [0.25, 0.3) is 5.91 Å². The maximum atomic E-state index is 13.7.